The average Bonchev–Trinajstić information content (AvgIpc) is 2.68. The van der Waals surface area contributed by atoms with Gasteiger partial charge in [-0.1, -0.05) is 49.6 Å². The van der Waals surface area contributed by atoms with Crippen molar-refractivity contribution in [2.45, 2.75) is 44.1 Å². The van der Waals surface area contributed by atoms with Gasteiger partial charge in [0.15, 0.2) is 0 Å². The number of piperazine rings is 1. The van der Waals surface area contributed by atoms with E-state index >= 15 is 0 Å². The van der Waals surface area contributed by atoms with Gasteiger partial charge in [0.05, 0.1) is 5.60 Å². The van der Waals surface area contributed by atoms with E-state index in [2.05, 4.69) is 40.1 Å². The molecule has 1 aromatic carbocycles. The van der Waals surface area contributed by atoms with Crippen molar-refractivity contribution < 1.29 is 4.74 Å². The van der Waals surface area contributed by atoms with Crippen LogP contribution in [0.2, 0.25) is 0 Å². The molecule has 1 N–H and O–H groups in total. The van der Waals surface area contributed by atoms with Crippen LogP contribution in [0.5, 0.6) is 0 Å². The molecule has 2 fully saturated rings. The topological polar surface area (TPSA) is 39.6 Å². The van der Waals surface area contributed by atoms with Crippen LogP contribution >= 0.6 is 0 Å². The van der Waals surface area contributed by atoms with E-state index in [0.29, 0.717) is 0 Å². The van der Waals surface area contributed by atoms with E-state index in [1.807, 2.05) is 0 Å². The van der Waals surface area contributed by atoms with E-state index in [1.54, 1.807) is 0 Å². The fraction of sp³-hybridized carbons (Fsp3) is 0.667. The molecule has 1 saturated carbocycles. The summed E-state index contributed by atoms with van der Waals surface area (Å²) in [5.41, 5.74) is 1.33. The first-order chi connectivity index (χ1) is 12.3. The summed E-state index contributed by atoms with van der Waals surface area (Å²) in [6.07, 6.45) is 8.86. The number of hydrogen-bond acceptors (Lipinski definition) is 4. The van der Waals surface area contributed by atoms with Gasteiger partial charge in [0.2, 0.25) is 0 Å². The van der Waals surface area contributed by atoms with Crippen LogP contribution in [0, 0.1) is 5.41 Å². The van der Waals surface area contributed by atoms with Crippen LogP contribution in [0.1, 0.15) is 44.1 Å². The molecule has 0 amide bonds. The van der Waals surface area contributed by atoms with Gasteiger partial charge in [-0.25, -0.2) is 0 Å². The molecule has 4 heteroatoms. The van der Waals surface area contributed by atoms with Gasteiger partial charge in [-0.15, -0.1) is 0 Å². The van der Waals surface area contributed by atoms with Gasteiger partial charge >= 0.3 is 0 Å². The van der Waals surface area contributed by atoms with Crippen LogP contribution in [0.4, 0.5) is 0 Å². The molecular formula is C21H33N3O. The summed E-state index contributed by atoms with van der Waals surface area (Å²) >= 11 is 0. The van der Waals surface area contributed by atoms with Crippen LogP contribution in [-0.2, 0) is 10.3 Å². The number of benzene rings is 1. The van der Waals surface area contributed by atoms with Crippen molar-refractivity contribution in [3.05, 3.63) is 35.9 Å². The van der Waals surface area contributed by atoms with Gasteiger partial charge in [0, 0.05) is 52.1 Å². The van der Waals surface area contributed by atoms with Crippen LogP contribution in [0.15, 0.2) is 30.3 Å². The number of hydrogen-bond donors (Lipinski definition) is 1. The van der Waals surface area contributed by atoms with E-state index in [1.165, 1.54) is 43.9 Å². The highest BCUT2D eigenvalue weighted by Gasteiger charge is 2.34. The number of nitrogens with zero attached hydrogens (tertiary/aromatic N) is 2. The molecule has 2 aliphatic rings. The second-order valence-electron chi connectivity index (χ2n) is 7.47. The number of ether oxygens (including phenoxy) is 1. The molecule has 0 spiro atoms. The third-order valence-corrected chi connectivity index (χ3v) is 5.77. The Labute approximate surface area is 152 Å². The number of rotatable bonds is 8. The predicted octanol–water partition coefficient (Wildman–Crippen LogP) is 3.52. The summed E-state index contributed by atoms with van der Waals surface area (Å²) in [6, 6.07) is 10.9. The van der Waals surface area contributed by atoms with Crippen molar-refractivity contribution in [1.29, 1.82) is 5.41 Å². The molecule has 1 saturated heterocycles. The fourth-order valence-corrected chi connectivity index (χ4v) is 4.26. The van der Waals surface area contributed by atoms with Gasteiger partial charge in [0.1, 0.15) is 0 Å². The Morgan fingerprint density at radius 1 is 0.960 bits per heavy atom. The summed E-state index contributed by atoms with van der Waals surface area (Å²) in [5, 5.41) is 7.21. The lowest BCUT2D eigenvalue weighted by atomic mass is 9.79. The van der Waals surface area contributed by atoms with Crippen LogP contribution in [0.3, 0.4) is 0 Å². The maximum absolute atomic E-state index is 7.21. The van der Waals surface area contributed by atoms with Crippen LogP contribution in [-0.4, -0.2) is 61.9 Å². The average molecular weight is 344 g/mol. The highest BCUT2D eigenvalue weighted by molar-refractivity contribution is 5.55. The van der Waals surface area contributed by atoms with Gasteiger partial charge in [-0.05, 0) is 24.8 Å². The van der Waals surface area contributed by atoms with Crippen molar-refractivity contribution in [2.75, 3.05) is 45.9 Å². The summed E-state index contributed by atoms with van der Waals surface area (Å²) in [4.78, 5) is 4.90. The smallest absolute Gasteiger partial charge is 0.0931 e. The summed E-state index contributed by atoms with van der Waals surface area (Å²) < 4.78 is 6.54. The first-order valence-corrected chi connectivity index (χ1v) is 9.95. The SMILES string of the molecule is N=CCN1CCN(CCCOC2(c3ccccc3)CCCCC2)CC1. The Bertz CT molecular complexity index is 505. The van der Waals surface area contributed by atoms with Gasteiger partial charge in [-0.2, -0.15) is 0 Å². The zero-order valence-corrected chi connectivity index (χ0v) is 15.5. The van der Waals surface area contributed by atoms with E-state index in [4.69, 9.17) is 10.1 Å². The zero-order chi connectivity index (χ0) is 17.4. The molecule has 0 radical (unpaired) electrons. The van der Waals surface area contributed by atoms with E-state index in [9.17, 15) is 0 Å². The fourth-order valence-electron chi connectivity index (χ4n) is 4.26. The molecule has 1 heterocycles. The van der Waals surface area contributed by atoms with Gasteiger partial charge in [-0.3, -0.25) is 4.90 Å². The molecule has 0 bridgehead atoms. The Balaban J connectivity index is 1.44. The highest BCUT2D eigenvalue weighted by atomic mass is 16.5. The van der Waals surface area contributed by atoms with E-state index in [-0.39, 0.29) is 5.60 Å². The minimum Gasteiger partial charge on any atom is -0.370 e. The highest BCUT2D eigenvalue weighted by Crippen LogP contribution is 2.40. The van der Waals surface area contributed by atoms with Crippen LogP contribution in [0.25, 0.3) is 0 Å². The normalized spacial score (nSPS) is 21.9. The zero-order valence-electron chi connectivity index (χ0n) is 15.5. The Hall–Kier alpha value is -1.23. The van der Waals surface area contributed by atoms with Crippen LogP contribution < -0.4 is 0 Å². The monoisotopic (exact) mass is 343 g/mol. The van der Waals surface area contributed by atoms with Crippen molar-refractivity contribution in [1.82, 2.24) is 9.80 Å². The summed E-state index contributed by atoms with van der Waals surface area (Å²) in [5.74, 6) is 0. The minimum atomic E-state index is -0.0395. The predicted molar refractivity (Wildman–Crippen MR) is 103 cm³/mol. The lowest BCUT2D eigenvalue weighted by Gasteiger charge is -2.38. The van der Waals surface area contributed by atoms with E-state index < -0.39 is 0 Å². The Kier molecular flexibility index (Phi) is 7.02. The molecule has 25 heavy (non-hydrogen) atoms. The van der Waals surface area contributed by atoms with Crippen molar-refractivity contribution in [3.63, 3.8) is 0 Å². The molecule has 0 atom stereocenters. The van der Waals surface area contributed by atoms with Crippen molar-refractivity contribution in [2.24, 2.45) is 0 Å². The van der Waals surface area contributed by atoms with E-state index in [0.717, 1.165) is 52.3 Å². The molecule has 0 unspecified atom stereocenters. The first kappa shape index (κ1) is 18.6. The maximum atomic E-state index is 7.21. The molecule has 1 aliphatic carbocycles. The van der Waals surface area contributed by atoms with Gasteiger partial charge in [0.25, 0.3) is 0 Å². The standard InChI is InChI=1S/C21H33N3O/c22-12-14-24-17-15-23(16-18-24)13-7-19-25-21(10-5-2-6-11-21)20-8-3-1-4-9-20/h1,3-4,8-9,12,22H,2,5-7,10-11,13-19H2. The molecular weight excluding hydrogens is 310 g/mol. The summed E-state index contributed by atoms with van der Waals surface area (Å²) in [7, 11) is 0. The lowest BCUT2D eigenvalue weighted by molar-refractivity contribution is -0.0786. The second kappa shape index (κ2) is 9.46. The van der Waals surface area contributed by atoms with Gasteiger partial charge < -0.3 is 15.0 Å². The minimum absolute atomic E-state index is 0.0395. The molecule has 1 aromatic rings. The summed E-state index contributed by atoms with van der Waals surface area (Å²) in [6.45, 7) is 7.21. The Morgan fingerprint density at radius 2 is 1.64 bits per heavy atom. The maximum Gasteiger partial charge on any atom is 0.0931 e. The molecule has 138 valence electrons. The van der Waals surface area contributed by atoms with Crippen molar-refractivity contribution in [3.8, 4) is 0 Å². The largest absolute Gasteiger partial charge is 0.370 e. The third kappa shape index (κ3) is 5.13. The second-order valence-corrected chi connectivity index (χ2v) is 7.47. The van der Waals surface area contributed by atoms with Crippen molar-refractivity contribution >= 4 is 6.21 Å². The molecule has 3 rings (SSSR count). The number of nitrogens with one attached hydrogen (secondary N) is 1. The third-order valence-electron chi connectivity index (χ3n) is 5.77. The lowest BCUT2D eigenvalue weighted by Crippen LogP contribution is -2.47. The quantitative estimate of drug-likeness (QED) is 0.580. The first-order valence-electron chi connectivity index (χ1n) is 9.95. The molecule has 1 aliphatic heterocycles. The molecule has 4 nitrogen and oxygen atoms in total. The Morgan fingerprint density at radius 3 is 2.32 bits per heavy atom. The molecule has 0 aromatic heterocycles.